The molecule has 1 aromatic carbocycles. The van der Waals surface area contributed by atoms with Crippen LogP contribution in [0.1, 0.15) is 31.4 Å². The first-order valence-corrected chi connectivity index (χ1v) is 6.31. The first kappa shape index (κ1) is 11.6. The maximum Gasteiger partial charge on any atom is 0.0498 e. The minimum absolute atomic E-state index is 0.537. The summed E-state index contributed by atoms with van der Waals surface area (Å²) in [6.07, 6.45) is 2.59. The molecular formula is C14H22N2. The zero-order valence-electron chi connectivity index (χ0n) is 10.3. The van der Waals surface area contributed by atoms with Gasteiger partial charge in [-0.15, -0.1) is 0 Å². The van der Waals surface area contributed by atoms with Crippen molar-refractivity contribution in [1.82, 2.24) is 10.2 Å². The van der Waals surface area contributed by atoms with Crippen molar-refractivity contribution in [3.05, 3.63) is 35.9 Å². The van der Waals surface area contributed by atoms with Gasteiger partial charge < -0.3 is 5.32 Å². The van der Waals surface area contributed by atoms with Crippen molar-refractivity contribution in [2.24, 2.45) is 0 Å². The number of nitrogens with one attached hydrogen (secondary N) is 1. The molecule has 0 amide bonds. The van der Waals surface area contributed by atoms with E-state index < -0.39 is 0 Å². The highest BCUT2D eigenvalue weighted by atomic mass is 15.2. The van der Waals surface area contributed by atoms with Gasteiger partial charge in [0.2, 0.25) is 0 Å². The Kier molecular flexibility index (Phi) is 3.97. The summed E-state index contributed by atoms with van der Waals surface area (Å²) in [6.45, 7) is 4.46. The number of nitrogens with zero attached hydrogens (tertiary/aromatic N) is 1. The molecule has 2 unspecified atom stereocenters. The van der Waals surface area contributed by atoms with E-state index in [-0.39, 0.29) is 0 Å². The lowest BCUT2D eigenvalue weighted by atomic mass is 9.91. The number of rotatable bonds is 3. The van der Waals surface area contributed by atoms with E-state index in [0.29, 0.717) is 12.1 Å². The highest BCUT2D eigenvalue weighted by Crippen LogP contribution is 2.29. The maximum atomic E-state index is 3.62. The molecule has 1 N–H and O–H groups in total. The summed E-state index contributed by atoms with van der Waals surface area (Å²) in [5, 5.41) is 3.62. The van der Waals surface area contributed by atoms with Gasteiger partial charge in [-0.3, -0.25) is 4.90 Å². The standard InChI is InChI=1S/C14H22N2/c1-3-15-13-10-7-11-16(2)14(13)12-8-5-4-6-9-12/h4-6,8-9,13-15H,3,7,10-11H2,1-2H3. The van der Waals surface area contributed by atoms with Gasteiger partial charge in [-0.25, -0.2) is 0 Å². The Hall–Kier alpha value is -0.860. The summed E-state index contributed by atoms with van der Waals surface area (Å²) >= 11 is 0. The minimum atomic E-state index is 0.537. The predicted octanol–water partition coefficient (Wildman–Crippen LogP) is 2.43. The average molecular weight is 218 g/mol. The van der Waals surface area contributed by atoms with Crippen LogP contribution in [-0.2, 0) is 0 Å². The van der Waals surface area contributed by atoms with Crippen molar-refractivity contribution >= 4 is 0 Å². The topological polar surface area (TPSA) is 15.3 Å². The smallest absolute Gasteiger partial charge is 0.0498 e. The number of piperidine rings is 1. The molecule has 0 spiro atoms. The van der Waals surface area contributed by atoms with E-state index in [2.05, 4.69) is 54.5 Å². The molecular weight excluding hydrogens is 196 g/mol. The molecule has 2 nitrogen and oxygen atoms in total. The number of hydrogen-bond acceptors (Lipinski definition) is 2. The lowest BCUT2D eigenvalue weighted by Gasteiger charge is -2.40. The van der Waals surface area contributed by atoms with Crippen molar-refractivity contribution in [3.63, 3.8) is 0 Å². The van der Waals surface area contributed by atoms with Gasteiger partial charge in [0.05, 0.1) is 0 Å². The van der Waals surface area contributed by atoms with E-state index in [9.17, 15) is 0 Å². The second kappa shape index (κ2) is 5.46. The number of likely N-dealkylation sites (N-methyl/N-ethyl adjacent to an activating group) is 2. The Morgan fingerprint density at radius 2 is 2.06 bits per heavy atom. The van der Waals surface area contributed by atoms with E-state index in [1.807, 2.05) is 0 Å². The van der Waals surface area contributed by atoms with E-state index >= 15 is 0 Å². The third-order valence-corrected chi connectivity index (χ3v) is 3.49. The third kappa shape index (κ3) is 2.45. The summed E-state index contributed by atoms with van der Waals surface area (Å²) in [4.78, 5) is 2.48. The van der Waals surface area contributed by atoms with Crippen LogP contribution in [0.15, 0.2) is 30.3 Å². The molecule has 0 aliphatic carbocycles. The third-order valence-electron chi connectivity index (χ3n) is 3.49. The minimum Gasteiger partial charge on any atom is -0.312 e. The molecule has 2 atom stereocenters. The SMILES string of the molecule is CCNC1CCCN(C)C1c1ccccc1. The molecule has 1 aliphatic heterocycles. The summed E-state index contributed by atoms with van der Waals surface area (Å²) in [5.41, 5.74) is 1.44. The van der Waals surface area contributed by atoms with Crippen molar-refractivity contribution in [1.29, 1.82) is 0 Å². The van der Waals surface area contributed by atoms with Gasteiger partial charge in [-0.05, 0) is 38.5 Å². The van der Waals surface area contributed by atoms with Crippen molar-refractivity contribution in [2.75, 3.05) is 20.1 Å². The molecule has 0 bridgehead atoms. The molecule has 1 heterocycles. The van der Waals surface area contributed by atoms with E-state index in [1.165, 1.54) is 24.9 Å². The van der Waals surface area contributed by atoms with Crippen LogP contribution >= 0.6 is 0 Å². The fourth-order valence-electron chi connectivity index (χ4n) is 2.78. The second-order valence-electron chi connectivity index (χ2n) is 4.64. The van der Waals surface area contributed by atoms with Gasteiger partial charge in [-0.2, -0.15) is 0 Å². The fourth-order valence-corrected chi connectivity index (χ4v) is 2.78. The Balaban J connectivity index is 2.19. The lowest BCUT2D eigenvalue weighted by molar-refractivity contribution is 0.143. The van der Waals surface area contributed by atoms with Crippen LogP contribution < -0.4 is 5.32 Å². The van der Waals surface area contributed by atoms with E-state index in [4.69, 9.17) is 0 Å². The summed E-state index contributed by atoms with van der Waals surface area (Å²) in [7, 11) is 2.24. The van der Waals surface area contributed by atoms with E-state index in [0.717, 1.165) is 6.54 Å². The van der Waals surface area contributed by atoms with Crippen molar-refractivity contribution in [3.8, 4) is 0 Å². The van der Waals surface area contributed by atoms with Gasteiger partial charge in [-0.1, -0.05) is 37.3 Å². The van der Waals surface area contributed by atoms with Crippen molar-refractivity contribution < 1.29 is 0 Å². The molecule has 0 saturated carbocycles. The first-order valence-electron chi connectivity index (χ1n) is 6.31. The van der Waals surface area contributed by atoms with Crippen LogP contribution in [0.25, 0.3) is 0 Å². The molecule has 1 aromatic rings. The second-order valence-corrected chi connectivity index (χ2v) is 4.64. The Morgan fingerprint density at radius 1 is 1.31 bits per heavy atom. The molecule has 1 saturated heterocycles. The summed E-state index contributed by atoms with van der Waals surface area (Å²) in [6, 6.07) is 12.0. The van der Waals surface area contributed by atoms with Crippen molar-refractivity contribution in [2.45, 2.75) is 31.8 Å². The van der Waals surface area contributed by atoms with Crippen LogP contribution in [0, 0.1) is 0 Å². The predicted molar refractivity (Wildman–Crippen MR) is 68.5 cm³/mol. The number of hydrogen-bond donors (Lipinski definition) is 1. The van der Waals surface area contributed by atoms with Gasteiger partial charge in [0, 0.05) is 12.1 Å². The highest BCUT2D eigenvalue weighted by molar-refractivity contribution is 5.21. The van der Waals surface area contributed by atoms with Crippen LogP contribution in [0.4, 0.5) is 0 Å². The fraction of sp³-hybridized carbons (Fsp3) is 0.571. The molecule has 88 valence electrons. The van der Waals surface area contributed by atoms with Crippen LogP contribution in [0.2, 0.25) is 0 Å². The first-order chi connectivity index (χ1) is 7.83. The maximum absolute atomic E-state index is 3.62. The zero-order chi connectivity index (χ0) is 11.4. The summed E-state index contributed by atoms with van der Waals surface area (Å²) in [5.74, 6) is 0. The number of likely N-dealkylation sites (tertiary alicyclic amines) is 1. The van der Waals surface area contributed by atoms with E-state index in [1.54, 1.807) is 0 Å². The largest absolute Gasteiger partial charge is 0.312 e. The summed E-state index contributed by atoms with van der Waals surface area (Å²) < 4.78 is 0. The molecule has 1 aliphatic rings. The molecule has 2 rings (SSSR count). The molecule has 2 heteroatoms. The van der Waals surface area contributed by atoms with Gasteiger partial charge in [0.1, 0.15) is 0 Å². The Morgan fingerprint density at radius 3 is 2.75 bits per heavy atom. The Labute approximate surface area is 98.7 Å². The van der Waals surface area contributed by atoms with Crippen LogP contribution in [-0.4, -0.2) is 31.1 Å². The highest BCUT2D eigenvalue weighted by Gasteiger charge is 2.29. The zero-order valence-corrected chi connectivity index (χ0v) is 10.3. The van der Waals surface area contributed by atoms with Gasteiger partial charge in [0.15, 0.2) is 0 Å². The van der Waals surface area contributed by atoms with Gasteiger partial charge >= 0.3 is 0 Å². The quantitative estimate of drug-likeness (QED) is 0.838. The lowest BCUT2D eigenvalue weighted by Crippen LogP contribution is -2.46. The van der Waals surface area contributed by atoms with Crippen LogP contribution in [0.3, 0.4) is 0 Å². The molecule has 1 fully saturated rings. The normalized spacial score (nSPS) is 26.9. The Bertz CT molecular complexity index is 308. The van der Waals surface area contributed by atoms with Gasteiger partial charge in [0.25, 0.3) is 0 Å². The molecule has 16 heavy (non-hydrogen) atoms. The number of benzene rings is 1. The van der Waals surface area contributed by atoms with Crippen LogP contribution in [0.5, 0.6) is 0 Å². The monoisotopic (exact) mass is 218 g/mol. The molecule has 0 radical (unpaired) electrons. The molecule has 0 aromatic heterocycles. The average Bonchev–Trinajstić information content (AvgIpc) is 2.31.